The molecule has 3 rings (SSSR count). The van der Waals surface area contributed by atoms with Gasteiger partial charge in [-0.1, -0.05) is 41.9 Å². The van der Waals surface area contributed by atoms with Gasteiger partial charge in [0.2, 0.25) is 0 Å². The number of hydrogen-bond donors (Lipinski definition) is 2. The van der Waals surface area contributed by atoms with Gasteiger partial charge in [-0.25, -0.2) is 5.43 Å². The lowest BCUT2D eigenvalue weighted by Crippen LogP contribution is -2.18. The van der Waals surface area contributed by atoms with Crippen molar-refractivity contribution < 1.29 is 9.53 Å². The maximum Gasteiger partial charge on any atom is 0.273 e. The van der Waals surface area contributed by atoms with E-state index in [2.05, 4.69) is 10.5 Å². The summed E-state index contributed by atoms with van der Waals surface area (Å²) in [6.07, 6.45) is 1.55. The van der Waals surface area contributed by atoms with Gasteiger partial charge in [-0.15, -0.1) is 0 Å². The van der Waals surface area contributed by atoms with Gasteiger partial charge >= 0.3 is 0 Å². The highest BCUT2D eigenvalue weighted by Gasteiger charge is 2.07. The number of anilines is 1. The zero-order chi connectivity index (χ0) is 19.1. The minimum atomic E-state index is -0.357. The van der Waals surface area contributed by atoms with E-state index in [0.29, 0.717) is 28.6 Å². The summed E-state index contributed by atoms with van der Waals surface area (Å²) in [5, 5.41) is 4.63. The second kappa shape index (κ2) is 8.87. The summed E-state index contributed by atoms with van der Waals surface area (Å²) in [6.45, 7) is 0.391. The Morgan fingerprint density at radius 1 is 1.04 bits per heavy atom. The second-order valence-electron chi connectivity index (χ2n) is 5.74. The molecule has 3 aromatic rings. The first-order chi connectivity index (χ1) is 13.1. The van der Waals surface area contributed by atoms with Crippen LogP contribution in [-0.2, 0) is 6.61 Å². The van der Waals surface area contributed by atoms with Crippen molar-refractivity contribution in [2.24, 2.45) is 5.10 Å². The van der Waals surface area contributed by atoms with Crippen molar-refractivity contribution >= 4 is 29.4 Å². The third-order valence-corrected chi connectivity index (χ3v) is 4.19. The van der Waals surface area contributed by atoms with Crippen LogP contribution in [0.25, 0.3) is 0 Å². The number of nitrogens with one attached hydrogen (secondary N) is 1. The van der Waals surface area contributed by atoms with Crippen molar-refractivity contribution in [3.05, 3.63) is 94.5 Å². The molecule has 0 aromatic heterocycles. The number of ether oxygens (including phenoxy) is 1. The first-order valence-corrected chi connectivity index (χ1v) is 8.65. The van der Waals surface area contributed by atoms with Crippen molar-refractivity contribution in [1.29, 1.82) is 0 Å². The van der Waals surface area contributed by atoms with Gasteiger partial charge in [0.15, 0.2) is 0 Å². The summed E-state index contributed by atoms with van der Waals surface area (Å²) in [5.41, 5.74) is 10.8. The SMILES string of the molecule is Nc1ccccc1C(=O)N/N=C\c1ccc(OCc2ccccc2Cl)cc1. The first-order valence-electron chi connectivity index (χ1n) is 8.27. The summed E-state index contributed by atoms with van der Waals surface area (Å²) in [5.74, 6) is 0.359. The van der Waals surface area contributed by atoms with E-state index in [1.807, 2.05) is 48.5 Å². The molecule has 0 unspecified atom stereocenters. The normalized spacial score (nSPS) is 10.7. The maximum atomic E-state index is 12.0. The fraction of sp³-hybridized carbons (Fsp3) is 0.0476. The van der Waals surface area contributed by atoms with Crippen LogP contribution >= 0.6 is 11.6 Å². The largest absolute Gasteiger partial charge is 0.489 e. The lowest BCUT2D eigenvalue weighted by molar-refractivity contribution is 0.0956. The van der Waals surface area contributed by atoms with Crippen LogP contribution in [0.5, 0.6) is 5.75 Å². The molecule has 0 radical (unpaired) electrons. The van der Waals surface area contributed by atoms with E-state index < -0.39 is 0 Å². The van der Waals surface area contributed by atoms with Crippen LogP contribution in [0.2, 0.25) is 5.02 Å². The van der Waals surface area contributed by atoms with Gasteiger partial charge < -0.3 is 10.5 Å². The maximum absolute atomic E-state index is 12.0. The van der Waals surface area contributed by atoms with Gasteiger partial charge in [-0.05, 0) is 48.0 Å². The van der Waals surface area contributed by atoms with Crippen LogP contribution in [0.3, 0.4) is 0 Å². The zero-order valence-electron chi connectivity index (χ0n) is 14.4. The molecule has 0 saturated heterocycles. The molecule has 3 N–H and O–H groups in total. The smallest absolute Gasteiger partial charge is 0.273 e. The Kier molecular flexibility index (Phi) is 6.07. The lowest BCUT2D eigenvalue weighted by Gasteiger charge is -2.07. The molecule has 0 spiro atoms. The van der Waals surface area contributed by atoms with Crippen LogP contribution in [0.1, 0.15) is 21.5 Å². The number of benzene rings is 3. The predicted molar refractivity (Wildman–Crippen MR) is 108 cm³/mol. The van der Waals surface area contributed by atoms with E-state index in [4.69, 9.17) is 22.1 Å². The van der Waals surface area contributed by atoms with Crippen LogP contribution in [-0.4, -0.2) is 12.1 Å². The zero-order valence-corrected chi connectivity index (χ0v) is 15.2. The molecular formula is C21H18ClN3O2. The minimum absolute atomic E-state index is 0.357. The Hall–Kier alpha value is -3.31. The molecule has 3 aromatic carbocycles. The third-order valence-electron chi connectivity index (χ3n) is 3.82. The van der Waals surface area contributed by atoms with E-state index in [-0.39, 0.29) is 5.91 Å². The highest BCUT2D eigenvalue weighted by atomic mass is 35.5. The molecule has 1 amide bonds. The first kappa shape index (κ1) is 18.5. The Labute approximate surface area is 162 Å². The quantitative estimate of drug-likeness (QED) is 0.381. The van der Waals surface area contributed by atoms with Crippen LogP contribution in [0.15, 0.2) is 77.9 Å². The van der Waals surface area contributed by atoms with Crippen LogP contribution in [0, 0.1) is 0 Å². The number of nitrogens with zero attached hydrogens (tertiary/aromatic N) is 1. The van der Waals surface area contributed by atoms with Gasteiger partial charge in [0, 0.05) is 16.3 Å². The standard InChI is InChI=1S/C21H18ClN3O2/c22-19-7-3-1-5-16(19)14-27-17-11-9-15(10-12-17)13-24-25-21(26)18-6-2-4-8-20(18)23/h1-13H,14,23H2,(H,25,26)/b24-13-. The number of carbonyl (C=O) groups excluding carboxylic acids is 1. The number of carbonyl (C=O) groups is 1. The average molecular weight is 380 g/mol. The fourth-order valence-corrected chi connectivity index (χ4v) is 2.55. The van der Waals surface area contributed by atoms with E-state index in [0.717, 1.165) is 11.1 Å². The molecule has 136 valence electrons. The minimum Gasteiger partial charge on any atom is -0.489 e. The highest BCUT2D eigenvalue weighted by Crippen LogP contribution is 2.18. The van der Waals surface area contributed by atoms with Gasteiger partial charge in [0.05, 0.1) is 11.8 Å². The van der Waals surface area contributed by atoms with Crippen molar-refractivity contribution in [3.8, 4) is 5.75 Å². The molecule has 27 heavy (non-hydrogen) atoms. The van der Waals surface area contributed by atoms with Crippen molar-refractivity contribution in [2.75, 3.05) is 5.73 Å². The van der Waals surface area contributed by atoms with Crippen molar-refractivity contribution in [3.63, 3.8) is 0 Å². The third kappa shape index (κ3) is 5.09. The molecule has 5 nitrogen and oxygen atoms in total. The van der Waals surface area contributed by atoms with Gasteiger partial charge in [-0.2, -0.15) is 5.10 Å². The number of nitrogens with two attached hydrogens (primary N) is 1. The van der Waals surface area contributed by atoms with Gasteiger partial charge in [0.25, 0.3) is 5.91 Å². The average Bonchev–Trinajstić information content (AvgIpc) is 2.68. The fourth-order valence-electron chi connectivity index (χ4n) is 2.36. The highest BCUT2D eigenvalue weighted by molar-refractivity contribution is 6.31. The van der Waals surface area contributed by atoms with E-state index >= 15 is 0 Å². The Bertz CT molecular complexity index is 956. The number of nitrogen functional groups attached to an aromatic ring is 1. The van der Waals surface area contributed by atoms with Gasteiger partial charge in [-0.3, -0.25) is 4.79 Å². The summed E-state index contributed by atoms with van der Waals surface area (Å²) < 4.78 is 5.73. The Balaban J connectivity index is 1.54. The van der Waals surface area contributed by atoms with Crippen LogP contribution < -0.4 is 15.9 Å². The second-order valence-corrected chi connectivity index (χ2v) is 6.14. The topological polar surface area (TPSA) is 76.7 Å². The molecule has 0 bridgehead atoms. The molecular weight excluding hydrogens is 362 g/mol. The Morgan fingerprint density at radius 2 is 1.74 bits per heavy atom. The number of amides is 1. The number of hydrogen-bond acceptors (Lipinski definition) is 4. The van der Waals surface area contributed by atoms with Gasteiger partial charge in [0.1, 0.15) is 12.4 Å². The van der Waals surface area contributed by atoms with E-state index in [1.165, 1.54) is 0 Å². The predicted octanol–water partition coefficient (Wildman–Crippen LogP) is 4.27. The summed E-state index contributed by atoms with van der Waals surface area (Å²) >= 11 is 6.11. The molecule has 0 aliphatic carbocycles. The summed E-state index contributed by atoms with van der Waals surface area (Å²) in [6, 6.07) is 21.7. The number of rotatable bonds is 6. The molecule has 0 heterocycles. The molecule has 0 saturated carbocycles. The van der Waals surface area contributed by atoms with Crippen LogP contribution in [0.4, 0.5) is 5.69 Å². The molecule has 0 fully saturated rings. The lowest BCUT2D eigenvalue weighted by atomic mass is 10.2. The van der Waals surface area contributed by atoms with Crippen molar-refractivity contribution in [1.82, 2.24) is 5.43 Å². The summed E-state index contributed by atoms with van der Waals surface area (Å²) in [7, 11) is 0. The molecule has 0 aliphatic rings. The summed E-state index contributed by atoms with van der Waals surface area (Å²) in [4.78, 5) is 12.0. The number of halogens is 1. The molecule has 6 heteroatoms. The van der Waals surface area contributed by atoms with E-state index in [9.17, 15) is 4.79 Å². The molecule has 0 aliphatic heterocycles. The monoisotopic (exact) mass is 379 g/mol. The number of para-hydroxylation sites is 1. The van der Waals surface area contributed by atoms with Crippen molar-refractivity contribution in [2.45, 2.75) is 6.61 Å². The number of hydrazone groups is 1. The molecule has 0 atom stereocenters. The Morgan fingerprint density at radius 3 is 2.48 bits per heavy atom. The van der Waals surface area contributed by atoms with E-state index in [1.54, 1.807) is 30.5 Å².